The number of aliphatic hydroxyl groups is 2. The van der Waals surface area contributed by atoms with Crippen LogP contribution in [-0.2, 0) is 4.79 Å². The third-order valence-corrected chi connectivity index (χ3v) is 1.39. The molecule has 0 aromatic heterocycles. The van der Waals surface area contributed by atoms with Gasteiger partial charge in [0, 0.05) is 6.92 Å². The zero-order chi connectivity index (χ0) is 8.20. The van der Waals surface area contributed by atoms with Gasteiger partial charge in [0.2, 0.25) is 5.78 Å². The maximum atomic E-state index is 10.6. The highest BCUT2D eigenvalue weighted by Gasteiger charge is 2.41. The standard InChI is InChI=1S/C6H9NO3/c1-5(10)6(3-8,4-9)7-2/h8-9H,3-4H2,1H3. The molecule has 0 aliphatic heterocycles. The lowest BCUT2D eigenvalue weighted by Gasteiger charge is -2.11. The minimum atomic E-state index is -1.61. The number of carbonyl (C=O) groups excluding carboxylic acids is 1. The van der Waals surface area contributed by atoms with Gasteiger partial charge >= 0.3 is 5.54 Å². The van der Waals surface area contributed by atoms with Gasteiger partial charge in [-0.2, -0.15) is 0 Å². The zero-order valence-corrected chi connectivity index (χ0v) is 5.66. The zero-order valence-electron chi connectivity index (χ0n) is 5.66. The van der Waals surface area contributed by atoms with E-state index in [0.717, 1.165) is 0 Å². The van der Waals surface area contributed by atoms with Crippen LogP contribution in [0, 0.1) is 6.57 Å². The van der Waals surface area contributed by atoms with Crippen molar-refractivity contribution in [2.24, 2.45) is 0 Å². The highest BCUT2D eigenvalue weighted by molar-refractivity contribution is 5.88. The second-order valence-corrected chi connectivity index (χ2v) is 2.02. The first kappa shape index (κ1) is 9.08. The molecular formula is C6H9NO3. The van der Waals surface area contributed by atoms with Gasteiger partial charge in [0.05, 0.1) is 0 Å². The van der Waals surface area contributed by atoms with Gasteiger partial charge in [-0.15, -0.1) is 0 Å². The van der Waals surface area contributed by atoms with E-state index in [1.165, 1.54) is 6.92 Å². The molecule has 0 spiro atoms. The molecular weight excluding hydrogens is 134 g/mol. The lowest BCUT2D eigenvalue weighted by Crippen LogP contribution is -2.41. The highest BCUT2D eigenvalue weighted by Crippen LogP contribution is 2.09. The molecule has 0 aliphatic rings. The average Bonchev–Trinajstić information content (AvgIpc) is 1.92. The minimum absolute atomic E-state index is 0.507. The smallest absolute Gasteiger partial charge is 0.334 e. The van der Waals surface area contributed by atoms with E-state index in [0.29, 0.717) is 0 Å². The Morgan fingerprint density at radius 1 is 1.60 bits per heavy atom. The molecule has 0 bridgehead atoms. The highest BCUT2D eigenvalue weighted by atomic mass is 16.3. The summed E-state index contributed by atoms with van der Waals surface area (Å²) in [6.07, 6.45) is 0. The number of nitrogens with zero attached hydrogens (tertiary/aromatic N) is 1. The molecule has 0 heterocycles. The van der Waals surface area contributed by atoms with Crippen molar-refractivity contribution < 1.29 is 15.0 Å². The van der Waals surface area contributed by atoms with Gasteiger partial charge in [-0.1, -0.05) is 0 Å². The molecule has 0 aromatic rings. The van der Waals surface area contributed by atoms with Crippen LogP contribution in [0.5, 0.6) is 0 Å². The fourth-order valence-corrected chi connectivity index (χ4v) is 0.422. The normalized spacial score (nSPS) is 10.6. The summed E-state index contributed by atoms with van der Waals surface area (Å²) in [6.45, 7) is 6.45. The van der Waals surface area contributed by atoms with Crippen LogP contribution < -0.4 is 0 Å². The summed E-state index contributed by atoms with van der Waals surface area (Å²) in [7, 11) is 0. The molecule has 0 rings (SSSR count). The lowest BCUT2D eigenvalue weighted by molar-refractivity contribution is -0.123. The van der Waals surface area contributed by atoms with E-state index in [-0.39, 0.29) is 0 Å². The summed E-state index contributed by atoms with van der Waals surface area (Å²) in [4.78, 5) is 13.5. The molecule has 4 nitrogen and oxygen atoms in total. The predicted octanol–water partition coefficient (Wildman–Crippen LogP) is -0.782. The number of hydrogen-bond acceptors (Lipinski definition) is 3. The van der Waals surface area contributed by atoms with Gasteiger partial charge in [0.25, 0.3) is 0 Å². The molecule has 0 atom stereocenters. The first-order valence-electron chi connectivity index (χ1n) is 2.74. The Kier molecular flexibility index (Phi) is 3.00. The van der Waals surface area contributed by atoms with Crippen molar-refractivity contribution in [2.75, 3.05) is 13.2 Å². The number of rotatable bonds is 3. The van der Waals surface area contributed by atoms with Gasteiger partial charge in [-0.3, -0.25) is 9.64 Å². The van der Waals surface area contributed by atoms with Gasteiger partial charge in [-0.05, 0) is 0 Å². The average molecular weight is 143 g/mol. The number of hydrogen-bond donors (Lipinski definition) is 2. The van der Waals surface area contributed by atoms with Gasteiger partial charge in [0.15, 0.2) is 0 Å². The van der Waals surface area contributed by atoms with Crippen molar-refractivity contribution in [2.45, 2.75) is 12.5 Å². The van der Waals surface area contributed by atoms with E-state index in [2.05, 4.69) is 4.85 Å². The fraction of sp³-hybridized carbons (Fsp3) is 0.667. The Labute approximate surface area is 58.9 Å². The Bertz CT molecular complexity index is 166. The van der Waals surface area contributed by atoms with Crippen molar-refractivity contribution in [3.63, 3.8) is 0 Å². The summed E-state index contributed by atoms with van der Waals surface area (Å²) in [5.74, 6) is -0.507. The lowest BCUT2D eigenvalue weighted by atomic mass is 9.99. The third-order valence-electron chi connectivity index (χ3n) is 1.39. The quantitative estimate of drug-likeness (QED) is 0.509. The second-order valence-electron chi connectivity index (χ2n) is 2.02. The predicted molar refractivity (Wildman–Crippen MR) is 34.2 cm³/mol. The molecule has 0 fully saturated rings. The molecule has 0 radical (unpaired) electrons. The monoisotopic (exact) mass is 143 g/mol. The molecule has 10 heavy (non-hydrogen) atoms. The van der Waals surface area contributed by atoms with Crippen molar-refractivity contribution in [3.8, 4) is 0 Å². The maximum Gasteiger partial charge on any atom is 0.334 e. The van der Waals surface area contributed by atoms with Crippen LogP contribution in [-0.4, -0.2) is 34.7 Å². The molecule has 0 aliphatic carbocycles. The fourth-order valence-electron chi connectivity index (χ4n) is 0.422. The van der Waals surface area contributed by atoms with Gasteiger partial charge < -0.3 is 10.2 Å². The Balaban J connectivity index is 4.52. The number of carbonyl (C=O) groups is 1. The summed E-state index contributed by atoms with van der Waals surface area (Å²) in [5, 5.41) is 17.1. The number of Topliss-reactive ketones (excluding diaryl/α,β-unsaturated/α-hetero) is 1. The Hall–Kier alpha value is -0.920. The van der Waals surface area contributed by atoms with Crippen molar-refractivity contribution in [3.05, 3.63) is 11.4 Å². The van der Waals surface area contributed by atoms with Gasteiger partial charge in [0.1, 0.15) is 13.2 Å². The van der Waals surface area contributed by atoms with Crippen molar-refractivity contribution in [1.29, 1.82) is 0 Å². The van der Waals surface area contributed by atoms with E-state index in [1.54, 1.807) is 0 Å². The van der Waals surface area contributed by atoms with Crippen LogP contribution in [0.2, 0.25) is 0 Å². The van der Waals surface area contributed by atoms with Crippen LogP contribution in [0.25, 0.3) is 4.85 Å². The first-order chi connectivity index (χ1) is 4.63. The number of ketones is 1. The number of aliphatic hydroxyl groups excluding tert-OH is 2. The summed E-state index contributed by atoms with van der Waals surface area (Å²) in [5.41, 5.74) is -1.61. The van der Waals surface area contributed by atoms with Crippen LogP contribution >= 0.6 is 0 Å². The molecule has 0 unspecified atom stereocenters. The molecule has 56 valence electrons. The first-order valence-corrected chi connectivity index (χ1v) is 2.74. The van der Waals surface area contributed by atoms with Crippen LogP contribution in [0.1, 0.15) is 6.92 Å². The summed E-state index contributed by atoms with van der Waals surface area (Å²) < 4.78 is 0. The third kappa shape index (κ3) is 1.32. The van der Waals surface area contributed by atoms with E-state index in [1.807, 2.05) is 0 Å². The SMILES string of the molecule is [C-]#[N+]C(CO)(CO)C(C)=O. The molecule has 0 saturated carbocycles. The largest absolute Gasteiger partial charge is 0.387 e. The van der Waals surface area contributed by atoms with Crippen LogP contribution in [0.15, 0.2) is 0 Å². The summed E-state index contributed by atoms with van der Waals surface area (Å²) in [6, 6.07) is 0. The van der Waals surface area contributed by atoms with Crippen LogP contribution in [0.4, 0.5) is 0 Å². The van der Waals surface area contributed by atoms with E-state index >= 15 is 0 Å². The summed E-state index contributed by atoms with van der Waals surface area (Å²) >= 11 is 0. The van der Waals surface area contributed by atoms with E-state index < -0.39 is 24.5 Å². The van der Waals surface area contributed by atoms with E-state index in [9.17, 15) is 4.79 Å². The topological polar surface area (TPSA) is 61.9 Å². The van der Waals surface area contributed by atoms with Gasteiger partial charge in [-0.25, -0.2) is 6.57 Å². The Morgan fingerprint density at radius 3 is 2.00 bits per heavy atom. The van der Waals surface area contributed by atoms with Crippen LogP contribution in [0.3, 0.4) is 0 Å². The van der Waals surface area contributed by atoms with E-state index in [4.69, 9.17) is 16.8 Å². The molecule has 4 heteroatoms. The maximum absolute atomic E-state index is 10.6. The molecule has 0 saturated heterocycles. The molecule has 2 N–H and O–H groups in total. The molecule has 0 amide bonds. The van der Waals surface area contributed by atoms with Crippen molar-refractivity contribution in [1.82, 2.24) is 0 Å². The Morgan fingerprint density at radius 2 is 2.00 bits per heavy atom. The van der Waals surface area contributed by atoms with Crippen molar-refractivity contribution >= 4 is 5.78 Å². The minimum Gasteiger partial charge on any atom is -0.387 e. The second kappa shape index (κ2) is 3.30. The molecule has 0 aromatic carbocycles.